The zero-order valence-electron chi connectivity index (χ0n) is 14.9. The van der Waals surface area contributed by atoms with Crippen molar-refractivity contribution in [1.82, 2.24) is 19.7 Å². The molecule has 0 saturated carbocycles. The van der Waals surface area contributed by atoms with E-state index in [1.165, 1.54) is 0 Å². The van der Waals surface area contributed by atoms with Gasteiger partial charge in [-0.3, -0.25) is 4.79 Å². The first-order valence-electron chi connectivity index (χ1n) is 9.16. The van der Waals surface area contributed by atoms with Gasteiger partial charge in [-0.1, -0.05) is 13.8 Å². The fourth-order valence-corrected chi connectivity index (χ4v) is 3.44. The normalized spacial score (nSPS) is 20.4. The highest BCUT2D eigenvalue weighted by Gasteiger charge is 2.22. The summed E-state index contributed by atoms with van der Waals surface area (Å²) in [5, 5.41) is 0. The van der Waals surface area contributed by atoms with Crippen LogP contribution in [-0.4, -0.2) is 91.0 Å². The third-order valence-corrected chi connectivity index (χ3v) is 5.25. The molecule has 6 heteroatoms. The minimum absolute atomic E-state index is 0.112. The highest BCUT2D eigenvalue weighted by atomic mass is 16.2. The summed E-state index contributed by atoms with van der Waals surface area (Å²) in [7, 11) is 0. The lowest BCUT2D eigenvalue weighted by Crippen LogP contribution is -2.48. The topological polar surface area (TPSA) is 42.9 Å². The highest BCUT2D eigenvalue weighted by molar-refractivity contribution is 5.94. The van der Waals surface area contributed by atoms with Crippen LogP contribution in [0.4, 0.5) is 5.82 Å². The van der Waals surface area contributed by atoms with Crippen molar-refractivity contribution in [3.8, 4) is 0 Å². The molecule has 0 aliphatic carbocycles. The summed E-state index contributed by atoms with van der Waals surface area (Å²) in [6.45, 7) is 14.3. The second-order valence-corrected chi connectivity index (χ2v) is 6.55. The average molecular weight is 331 g/mol. The molecule has 2 aliphatic heterocycles. The van der Waals surface area contributed by atoms with Crippen LogP contribution in [0.5, 0.6) is 0 Å². The first-order valence-corrected chi connectivity index (χ1v) is 9.16. The van der Waals surface area contributed by atoms with Gasteiger partial charge in [0.1, 0.15) is 5.82 Å². The SMILES string of the molecule is CCN1CCN(C(=O)c2ccc(N3CCN(CC)CC3)nc2)CC1. The minimum atomic E-state index is 0.112. The Morgan fingerprint density at radius 2 is 1.50 bits per heavy atom. The van der Waals surface area contributed by atoms with E-state index < -0.39 is 0 Å². The van der Waals surface area contributed by atoms with Crippen LogP contribution in [0.15, 0.2) is 18.3 Å². The number of nitrogens with zero attached hydrogens (tertiary/aromatic N) is 5. The van der Waals surface area contributed by atoms with Gasteiger partial charge in [-0.2, -0.15) is 0 Å². The molecule has 2 fully saturated rings. The van der Waals surface area contributed by atoms with Crippen LogP contribution in [0.1, 0.15) is 24.2 Å². The highest BCUT2D eigenvalue weighted by Crippen LogP contribution is 2.15. The fraction of sp³-hybridized carbons (Fsp3) is 0.667. The molecule has 0 unspecified atom stereocenters. The van der Waals surface area contributed by atoms with E-state index in [4.69, 9.17) is 0 Å². The lowest BCUT2D eigenvalue weighted by Gasteiger charge is -2.35. The van der Waals surface area contributed by atoms with Gasteiger partial charge >= 0.3 is 0 Å². The Bertz CT molecular complexity index is 531. The molecule has 0 atom stereocenters. The summed E-state index contributed by atoms with van der Waals surface area (Å²) in [5.74, 6) is 1.10. The molecule has 24 heavy (non-hydrogen) atoms. The summed E-state index contributed by atoms with van der Waals surface area (Å²) >= 11 is 0. The average Bonchev–Trinajstić information content (AvgIpc) is 2.68. The number of likely N-dealkylation sites (N-methyl/N-ethyl adjacent to an activating group) is 2. The molecule has 3 heterocycles. The second-order valence-electron chi connectivity index (χ2n) is 6.55. The Hall–Kier alpha value is -1.66. The predicted octanol–water partition coefficient (Wildman–Crippen LogP) is 1.00. The van der Waals surface area contributed by atoms with Crippen LogP contribution in [0, 0.1) is 0 Å². The number of hydrogen-bond donors (Lipinski definition) is 0. The van der Waals surface area contributed by atoms with Crippen LogP contribution in [0.2, 0.25) is 0 Å². The minimum Gasteiger partial charge on any atom is -0.354 e. The molecule has 0 bridgehead atoms. The van der Waals surface area contributed by atoms with Crippen molar-refractivity contribution in [2.45, 2.75) is 13.8 Å². The van der Waals surface area contributed by atoms with Gasteiger partial charge in [-0.15, -0.1) is 0 Å². The summed E-state index contributed by atoms with van der Waals surface area (Å²) in [6.07, 6.45) is 1.75. The van der Waals surface area contributed by atoms with E-state index in [9.17, 15) is 4.79 Å². The van der Waals surface area contributed by atoms with E-state index in [1.807, 2.05) is 17.0 Å². The van der Waals surface area contributed by atoms with Crippen molar-refractivity contribution >= 4 is 11.7 Å². The van der Waals surface area contributed by atoms with Crippen molar-refractivity contribution in [3.05, 3.63) is 23.9 Å². The lowest BCUT2D eigenvalue weighted by atomic mass is 10.2. The molecule has 6 nitrogen and oxygen atoms in total. The summed E-state index contributed by atoms with van der Waals surface area (Å²) in [6, 6.07) is 3.93. The summed E-state index contributed by atoms with van der Waals surface area (Å²) < 4.78 is 0. The molecule has 3 rings (SSSR count). The van der Waals surface area contributed by atoms with Crippen LogP contribution < -0.4 is 4.90 Å². The zero-order chi connectivity index (χ0) is 16.9. The number of piperazine rings is 2. The van der Waals surface area contributed by atoms with E-state index in [2.05, 4.69) is 33.5 Å². The predicted molar refractivity (Wildman–Crippen MR) is 96.6 cm³/mol. The van der Waals surface area contributed by atoms with E-state index in [0.29, 0.717) is 5.56 Å². The van der Waals surface area contributed by atoms with Gasteiger partial charge in [0.25, 0.3) is 5.91 Å². The zero-order valence-corrected chi connectivity index (χ0v) is 14.9. The van der Waals surface area contributed by atoms with Crippen molar-refractivity contribution in [1.29, 1.82) is 0 Å². The molecular formula is C18H29N5O. The Labute approximate surface area is 145 Å². The molecule has 0 radical (unpaired) electrons. The Morgan fingerprint density at radius 3 is 2.00 bits per heavy atom. The maximum Gasteiger partial charge on any atom is 0.255 e. The van der Waals surface area contributed by atoms with Crippen LogP contribution in [0.3, 0.4) is 0 Å². The molecule has 2 saturated heterocycles. The van der Waals surface area contributed by atoms with Crippen LogP contribution in [-0.2, 0) is 0 Å². The quantitative estimate of drug-likeness (QED) is 0.823. The van der Waals surface area contributed by atoms with Gasteiger partial charge in [0.15, 0.2) is 0 Å². The van der Waals surface area contributed by atoms with Crippen LogP contribution in [0.25, 0.3) is 0 Å². The molecule has 1 aromatic heterocycles. The first kappa shape index (κ1) is 17.2. The number of carbonyl (C=O) groups excluding carboxylic acids is 1. The summed E-state index contributed by atoms with van der Waals surface area (Å²) in [4.78, 5) is 26.2. The van der Waals surface area contributed by atoms with Gasteiger partial charge in [0.05, 0.1) is 5.56 Å². The lowest BCUT2D eigenvalue weighted by molar-refractivity contribution is 0.0643. The van der Waals surface area contributed by atoms with Gasteiger partial charge in [0, 0.05) is 58.6 Å². The van der Waals surface area contributed by atoms with Crippen molar-refractivity contribution < 1.29 is 4.79 Å². The third-order valence-electron chi connectivity index (χ3n) is 5.25. The number of pyridine rings is 1. The van der Waals surface area contributed by atoms with E-state index in [1.54, 1.807) is 6.20 Å². The van der Waals surface area contributed by atoms with Gasteiger partial charge in [-0.05, 0) is 25.2 Å². The smallest absolute Gasteiger partial charge is 0.255 e. The Morgan fingerprint density at radius 1 is 0.917 bits per heavy atom. The molecule has 0 N–H and O–H groups in total. The fourth-order valence-electron chi connectivity index (χ4n) is 3.44. The largest absolute Gasteiger partial charge is 0.354 e. The van der Waals surface area contributed by atoms with Crippen LogP contribution >= 0.6 is 0 Å². The molecule has 0 aromatic carbocycles. The molecule has 1 amide bonds. The number of rotatable bonds is 4. The number of amides is 1. The number of anilines is 1. The Kier molecular flexibility index (Phi) is 5.68. The molecule has 1 aromatic rings. The number of carbonyl (C=O) groups is 1. The second kappa shape index (κ2) is 7.94. The third kappa shape index (κ3) is 3.87. The van der Waals surface area contributed by atoms with Crippen molar-refractivity contribution in [3.63, 3.8) is 0 Å². The number of hydrogen-bond acceptors (Lipinski definition) is 5. The molecule has 2 aliphatic rings. The molecule has 0 spiro atoms. The standard InChI is InChI=1S/C18H29N5O/c1-3-20-7-11-22(12-8-20)17-6-5-16(15-19-17)18(24)23-13-9-21(4-2)10-14-23/h5-6,15H,3-4,7-14H2,1-2H3. The van der Waals surface area contributed by atoms with Gasteiger partial charge in [0.2, 0.25) is 0 Å². The van der Waals surface area contributed by atoms with Gasteiger partial charge < -0.3 is 19.6 Å². The first-order chi connectivity index (χ1) is 11.7. The maximum atomic E-state index is 12.6. The monoisotopic (exact) mass is 331 g/mol. The Balaban J connectivity index is 1.57. The van der Waals surface area contributed by atoms with Gasteiger partial charge in [-0.25, -0.2) is 4.98 Å². The summed E-state index contributed by atoms with van der Waals surface area (Å²) in [5.41, 5.74) is 0.705. The van der Waals surface area contributed by atoms with E-state index in [0.717, 1.165) is 71.3 Å². The molecule has 132 valence electrons. The van der Waals surface area contributed by atoms with E-state index in [-0.39, 0.29) is 5.91 Å². The van der Waals surface area contributed by atoms with E-state index >= 15 is 0 Å². The number of aromatic nitrogens is 1. The maximum absolute atomic E-state index is 12.6. The van der Waals surface area contributed by atoms with Crippen molar-refractivity contribution in [2.75, 3.05) is 70.3 Å². The molecular weight excluding hydrogens is 302 g/mol. The van der Waals surface area contributed by atoms with Crippen molar-refractivity contribution in [2.24, 2.45) is 0 Å².